The molecule has 1 heterocycles. The van der Waals surface area contributed by atoms with E-state index in [1.54, 1.807) is 6.07 Å². The first-order valence-corrected chi connectivity index (χ1v) is 10.9. The molecule has 5 nitrogen and oxygen atoms in total. The van der Waals surface area contributed by atoms with Crippen molar-refractivity contribution >= 4 is 35.1 Å². The summed E-state index contributed by atoms with van der Waals surface area (Å²) < 4.78 is 14.8. The van der Waals surface area contributed by atoms with Crippen LogP contribution in [-0.4, -0.2) is 15.7 Å². The number of amides is 1. The van der Waals surface area contributed by atoms with Crippen LogP contribution in [0.2, 0.25) is 5.02 Å². The van der Waals surface area contributed by atoms with Crippen LogP contribution in [0.1, 0.15) is 21.5 Å². The van der Waals surface area contributed by atoms with Crippen molar-refractivity contribution in [1.29, 1.82) is 5.26 Å². The predicted molar refractivity (Wildman–Crippen MR) is 124 cm³/mol. The maximum absolute atomic E-state index is 13.2. The van der Waals surface area contributed by atoms with Crippen molar-refractivity contribution in [3.63, 3.8) is 0 Å². The number of carbonyl (C=O) groups excluding carboxylic acids is 1. The monoisotopic (exact) mass is 462 g/mol. The van der Waals surface area contributed by atoms with Crippen molar-refractivity contribution in [2.45, 2.75) is 10.8 Å². The zero-order valence-electron chi connectivity index (χ0n) is 16.6. The summed E-state index contributed by atoms with van der Waals surface area (Å²) in [5.41, 5.74) is 2.10. The number of benzene rings is 3. The van der Waals surface area contributed by atoms with Crippen LogP contribution in [0.5, 0.6) is 0 Å². The predicted octanol–water partition coefficient (Wildman–Crippen LogP) is 6.08. The Balaban J connectivity index is 1.71. The van der Waals surface area contributed by atoms with Crippen molar-refractivity contribution in [3.8, 4) is 11.8 Å². The van der Waals surface area contributed by atoms with Crippen LogP contribution in [0.25, 0.3) is 5.69 Å². The van der Waals surface area contributed by atoms with Crippen molar-refractivity contribution in [2.75, 3.05) is 5.32 Å². The number of carbonyl (C=O) groups is 1. The van der Waals surface area contributed by atoms with Gasteiger partial charge in [0.1, 0.15) is 22.5 Å². The van der Waals surface area contributed by atoms with Gasteiger partial charge in [-0.1, -0.05) is 59.8 Å². The topological polar surface area (TPSA) is 70.7 Å². The summed E-state index contributed by atoms with van der Waals surface area (Å²) in [5.74, 6) is -0.159. The van der Waals surface area contributed by atoms with Gasteiger partial charge in [0, 0.05) is 16.3 Å². The van der Waals surface area contributed by atoms with Crippen LogP contribution < -0.4 is 5.32 Å². The van der Waals surface area contributed by atoms with Gasteiger partial charge >= 0.3 is 0 Å². The van der Waals surface area contributed by atoms with Gasteiger partial charge in [0.2, 0.25) is 0 Å². The number of hydrogen-bond donors (Lipinski definition) is 1. The summed E-state index contributed by atoms with van der Waals surface area (Å²) in [5, 5.41) is 18.3. The first-order chi connectivity index (χ1) is 15.6. The molecule has 0 saturated carbocycles. The van der Waals surface area contributed by atoms with Crippen LogP contribution in [0.15, 0.2) is 83.9 Å². The zero-order chi connectivity index (χ0) is 22.5. The molecule has 0 aliphatic rings. The first kappa shape index (κ1) is 21.6. The lowest BCUT2D eigenvalue weighted by molar-refractivity contribution is 0.102. The number of nitrogens with one attached hydrogen (secondary N) is 1. The van der Waals surface area contributed by atoms with Crippen LogP contribution in [-0.2, 0) is 5.75 Å². The molecule has 1 N–H and O–H groups in total. The van der Waals surface area contributed by atoms with Gasteiger partial charge in [-0.15, -0.1) is 0 Å². The summed E-state index contributed by atoms with van der Waals surface area (Å²) in [6, 6.07) is 24.0. The summed E-state index contributed by atoms with van der Waals surface area (Å²) >= 11 is 7.61. The minimum atomic E-state index is -0.471. The number of aromatic nitrogens is 2. The molecule has 8 heteroatoms. The van der Waals surface area contributed by atoms with Crippen molar-refractivity contribution in [2.24, 2.45) is 0 Å². The average molecular weight is 463 g/mol. The molecule has 0 bridgehead atoms. The van der Waals surface area contributed by atoms with Gasteiger partial charge in [-0.3, -0.25) is 4.79 Å². The highest BCUT2D eigenvalue weighted by Crippen LogP contribution is 2.33. The van der Waals surface area contributed by atoms with E-state index in [0.29, 0.717) is 21.5 Å². The fraction of sp³-hybridized carbons (Fsp3) is 0.0417. The van der Waals surface area contributed by atoms with Gasteiger partial charge in [0.05, 0.1) is 5.69 Å². The number of halogens is 2. The lowest BCUT2D eigenvalue weighted by Gasteiger charge is -2.09. The second-order valence-electron chi connectivity index (χ2n) is 6.73. The quantitative estimate of drug-likeness (QED) is 0.352. The van der Waals surface area contributed by atoms with Crippen LogP contribution in [0, 0.1) is 17.1 Å². The number of nitrogens with zero attached hydrogens (tertiary/aromatic N) is 3. The minimum Gasteiger partial charge on any atom is -0.305 e. The van der Waals surface area contributed by atoms with Gasteiger partial charge in [0.25, 0.3) is 5.91 Å². The van der Waals surface area contributed by atoms with Gasteiger partial charge in [0.15, 0.2) is 5.82 Å². The molecule has 0 fully saturated rings. The van der Waals surface area contributed by atoms with E-state index < -0.39 is 11.7 Å². The molecule has 0 radical (unpaired) electrons. The Morgan fingerprint density at radius 2 is 1.75 bits per heavy atom. The van der Waals surface area contributed by atoms with E-state index in [4.69, 9.17) is 11.6 Å². The third kappa shape index (κ3) is 4.67. The van der Waals surface area contributed by atoms with Gasteiger partial charge in [-0.25, -0.2) is 9.07 Å². The maximum Gasteiger partial charge on any atom is 0.256 e. The standard InChI is InChI=1S/C24H16ClFN4OS/c25-21-9-5-4-6-17(21)15-32-24-20(14-27)22(30(29-24)19-7-2-1-3-8-19)28-23(31)16-10-12-18(26)13-11-16/h1-13H,15H2,(H,28,31). The third-order valence-electron chi connectivity index (χ3n) is 4.63. The Morgan fingerprint density at radius 3 is 2.44 bits per heavy atom. The summed E-state index contributed by atoms with van der Waals surface area (Å²) in [6.45, 7) is 0. The highest BCUT2D eigenvalue weighted by atomic mass is 35.5. The Hall–Kier alpha value is -3.60. The molecule has 0 saturated heterocycles. The zero-order valence-corrected chi connectivity index (χ0v) is 18.2. The summed E-state index contributed by atoms with van der Waals surface area (Å²) in [4.78, 5) is 12.8. The second kappa shape index (κ2) is 9.69. The van der Waals surface area contributed by atoms with Crippen LogP contribution >= 0.6 is 23.4 Å². The molecule has 0 atom stereocenters. The van der Waals surface area contributed by atoms with E-state index in [9.17, 15) is 14.4 Å². The highest BCUT2D eigenvalue weighted by molar-refractivity contribution is 7.98. The maximum atomic E-state index is 13.2. The number of thioether (sulfide) groups is 1. The summed E-state index contributed by atoms with van der Waals surface area (Å²) in [6.07, 6.45) is 0. The van der Waals surface area contributed by atoms with E-state index in [1.807, 2.05) is 48.5 Å². The largest absolute Gasteiger partial charge is 0.305 e. The molecular formula is C24H16ClFN4OS. The van der Waals surface area contributed by atoms with Gasteiger partial charge in [-0.2, -0.15) is 10.4 Å². The van der Waals surface area contributed by atoms with Crippen molar-refractivity contribution in [1.82, 2.24) is 9.78 Å². The lowest BCUT2D eigenvalue weighted by Crippen LogP contribution is -2.16. The van der Waals surface area contributed by atoms with E-state index in [0.717, 1.165) is 5.56 Å². The number of anilines is 1. The average Bonchev–Trinajstić information content (AvgIpc) is 3.16. The fourth-order valence-corrected chi connectivity index (χ4v) is 4.27. The van der Waals surface area contributed by atoms with Crippen LogP contribution in [0.3, 0.4) is 0 Å². The molecule has 1 amide bonds. The Labute approximate surface area is 193 Å². The number of hydrogen-bond acceptors (Lipinski definition) is 4. The lowest BCUT2D eigenvalue weighted by atomic mass is 10.2. The van der Waals surface area contributed by atoms with Gasteiger partial charge in [-0.05, 0) is 48.0 Å². The van der Waals surface area contributed by atoms with E-state index >= 15 is 0 Å². The third-order valence-corrected chi connectivity index (χ3v) is 6.01. The highest BCUT2D eigenvalue weighted by Gasteiger charge is 2.22. The number of rotatable bonds is 6. The normalized spacial score (nSPS) is 10.5. The van der Waals surface area contributed by atoms with Gasteiger partial charge < -0.3 is 5.32 Å². The molecule has 3 aromatic carbocycles. The van der Waals surface area contributed by atoms with Crippen molar-refractivity contribution < 1.29 is 9.18 Å². The fourth-order valence-electron chi connectivity index (χ4n) is 3.01. The molecule has 0 unspecified atom stereocenters. The molecule has 0 spiro atoms. The molecule has 4 aromatic rings. The van der Waals surface area contributed by atoms with E-state index in [-0.39, 0.29) is 16.9 Å². The van der Waals surface area contributed by atoms with E-state index in [2.05, 4.69) is 16.5 Å². The second-order valence-corrected chi connectivity index (χ2v) is 8.10. The Kier molecular flexibility index (Phi) is 6.55. The SMILES string of the molecule is N#Cc1c(SCc2ccccc2Cl)nn(-c2ccccc2)c1NC(=O)c1ccc(F)cc1. The number of para-hydroxylation sites is 1. The minimum absolute atomic E-state index is 0.237. The Bertz CT molecular complexity index is 1300. The van der Waals surface area contributed by atoms with E-state index in [1.165, 1.54) is 40.7 Å². The molecular weight excluding hydrogens is 447 g/mol. The first-order valence-electron chi connectivity index (χ1n) is 9.58. The molecule has 0 aliphatic heterocycles. The Morgan fingerprint density at radius 1 is 1.06 bits per heavy atom. The molecule has 4 rings (SSSR count). The summed E-state index contributed by atoms with van der Waals surface area (Å²) in [7, 11) is 0. The van der Waals surface area contributed by atoms with Crippen LogP contribution in [0.4, 0.5) is 10.2 Å². The number of nitriles is 1. The van der Waals surface area contributed by atoms with Crippen molar-refractivity contribution in [3.05, 3.63) is 106 Å². The molecule has 32 heavy (non-hydrogen) atoms. The molecule has 1 aromatic heterocycles. The smallest absolute Gasteiger partial charge is 0.256 e. The molecule has 0 aliphatic carbocycles. The molecule has 158 valence electrons.